The smallest absolute Gasteiger partial charge is 0.123 e. The highest BCUT2D eigenvalue weighted by molar-refractivity contribution is 5.45. The van der Waals surface area contributed by atoms with Crippen LogP contribution in [0.1, 0.15) is 22.3 Å². The zero-order valence-electron chi connectivity index (χ0n) is 11.7. The molecule has 1 aliphatic rings. The maximum absolute atomic E-state index is 13.1. The SMILES string of the molecule is Cc1cc(F)ccc1CN1CCc2ccc(N)cc2C1. The highest BCUT2D eigenvalue weighted by Crippen LogP contribution is 2.23. The normalized spacial score (nSPS) is 15.1. The number of halogens is 1. The van der Waals surface area contributed by atoms with Crippen molar-refractivity contribution >= 4 is 5.69 Å². The Morgan fingerprint density at radius 3 is 2.80 bits per heavy atom. The number of rotatable bonds is 2. The summed E-state index contributed by atoms with van der Waals surface area (Å²) in [5, 5.41) is 0. The molecule has 0 bridgehead atoms. The fraction of sp³-hybridized carbons (Fsp3) is 0.294. The zero-order valence-corrected chi connectivity index (χ0v) is 11.7. The summed E-state index contributed by atoms with van der Waals surface area (Å²) in [5.41, 5.74) is 11.6. The van der Waals surface area contributed by atoms with Gasteiger partial charge in [0.1, 0.15) is 5.82 Å². The molecule has 0 amide bonds. The van der Waals surface area contributed by atoms with Crippen molar-refractivity contribution in [2.45, 2.75) is 26.4 Å². The van der Waals surface area contributed by atoms with E-state index in [-0.39, 0.29) is 5.82 Å². The first kappa shape index (κ1) is 13.1. The first-order chi connectivity index (χ1) is 9.61. The molecule has 2 aromatic rings. The van der Waals surface area contributed by atoms with Crippen molar-refractivity contribution < 1.29 is 4.39 Å². The molecular weight excluding hydrogens is 251 g/mol. The van der Waals surface area contributed by atoms with E-state index in [4.69, 9.17) is 5.73 Å². The fourth-order valence-electron chi connectivity index (χ4n) is 2.85. The van der Waals surface area contributed by atoms with Gasteiger partial charge in [0.25, 0.3) is 0 Å². The second-order valence-electron chi connectivity index (χ2n) is 5.56. The van der Waals surface area contributed by atoms with Crippen molar-refractivity contribution in [3.05, 3.63) is 64.5 Å². The van der Waals surface area contributed by atoms with Crippen LogP contribution in [0.3, 0.4) is 0 Å². The number of nitrogens with two attached hydrogens (primary N) is 1. The third kappa shape index (κ3) is 2.68. The Morgan fingerprint density at radius 1 is 1.15 bits per heavy atom. The quantitative estimate of drug-likeness (QED) is 0.849. The van der Waals surface area contributed by atoms with Crippen LogP contribution in [0, 0.1) is 12.7 Å². The molecule has 0 radical (unpaired) electrons. The van der Waals surface area contributed by atoms with Gasteiger partial charge >= 0.3 is 0 Å². The average molecular weight is 270 g/mol. The number of nitrogens with zero attached hydrogens (tertiary/aromatic N) is 1. The third-order valence-corrected chi connectivity index (χ3v) is 4.02. The second kappa shape index (κ2) is 5.25. The molecule has 2 N–H and O–H groups in total. The average Bonchev–Trinajstić information content (AvgIpc) is 2.41. The Balaban J connectivity index is 1.77. The van der Waals surface area contributed by atoms with Crippen molar-refractivity contribution in [2.75, 3.05) is 12.3 Å². The molecule has 0 aliphatic carbocycles. The molecule has 0 atom stereocenters. The Hall–Kier alpha value is -1.87. The summed E-state index contributed by atoms with van der Waals surface area (Å²) in [4.78, 5) is 2.39. The number of fused-ring (bicyclic) bond motifs is 1. The van der Waals surface area contributed by atoms with Gasteiger partial charge in [-0.1, -0.05) is 12.1 Å². The van der Waals surface area contributed by atoms with Crippen LogP contribution in [0.2, 0.25) is 0 Å². The van der Waals surface area contributed by atoms with E-state index in [9.17, 15) is 4.39 Å². The summed E-state index contributed by atoms with van der Waals surface area (Å²) >= 11 is 0. The molecule has 2 aromatic carbocycles. The summed E-state index contributed by atoms with van der Waals surface area (Å²) in [6, 6.07) is 11.2. The van der Waals surface area contributed by atoms with Crippen LogP contribution in [0.25, 0.3) is 0 Å². The summed E-state index contributed by atoms with van der Waals surface area (Å²) in [6.45, 7) is 4.78. The number of nitrogen functional groups attached to an aromatic ring is 1. The molecule has 0 saturated heterocycles. The minimum atomic E-state index is -0.164. The number of anilines is 1. The molecule has 0 spiro atoms. The van der Waals surface area contributed by atoms with Crippen LogP contribution in [0.15, 0.2) is 36.4 Å². The minimum absolute atomic E-state index is 0.164. The van der Waals surface area contributed by atoms with E-state index in [1.54, 1.807) is 6.07 Å². The van der Waals surface area contributed by atoms with Gasteiger partial charge in [-0.25, -0.2) is 4.39 Å². The van der Waals surface area contributed by atoms with E-state index >= 15 is 0 Å². The number of benzene rings is 2. The summed E-state index contributed by atoms with van der Waals surface area (Å²) in [7, 11) is 0. The third-order valence-electron chi connectivity index (χ3n) is 4.02. The molecule has 0 fully saturated rings. The minimum Gasteiger partial charge on any atom is -0.399 e. The summed E-state index contributed by atoms with van der Waals surface area (Å²) in [6.07, 6.45) is 1.05. The maximum atomic E-state index is 13.1. The van der Waals surface area contributed by atoms with Crippen LogP contribution in [0.5, 0.6) is 0 Å². The van der Waals surface area contributed by atoms with Gasteiger partial charge in [-0.05, 0) is 59.9 Å². The zero-order chi connectivity index (χ0) is 14.1. The lowest BCUT2D eigenvalue weighted by Crippen LogP contribution is -2.30. The predicted octanol–water partition coefficient (Wildman–Crippen LogP) is 3.27. The molecule has 20 heavy (non-hydrogen) atoms. The highest BCUT2D eigenvalue weighted by atomic mass is 19.1. The van der Waals surface area contributed by atoms with Gasteiger partial charge in [-0.15, -0.1) is 0 Å². The molecule has 2 nitrogen and oxygen atoms in total. The van der Waals surface area contributed by atoms with Crippen molar-refractivity contribution in [2.24, 2.45) is 0 Å². The number of aryl methyl sites for hydroxylation is 1. The van der Waals surface area contributed by atoms with Crippen molar-refractivity contribution in [1.29, 1.82) is 0 Å². The molecule has 0 unspecified atom stereocenters. The Bertz CT molecular complexity index is 637. The molecule has 3 heteroatoms. The Kier molecular flexibility index (Phi) is 3.45. The molecule has 1 heterocycles. The van der Waals surface area contributed by atoms with Crippen molar-refractivity contribution in [3.8, 4) is 0 Å². The molecule has 3 rings (SSSR count). The van der Waals surface area contributed by atoms with E-state index in [0.29, 0.717) is 0 Å². The first-order valence-electron chi connectivity index (χ1n) is 6.96. The van der Waals surface area contributed by atoms with Gasteiger partial charge in [0.05, 0.1) is 0 Å². The van der Waals surface area contributed by atoms with E-state index < -0.39 is 0 Å². The second-order valence-corrected chi connectivity index (χ2v) is 5.56. The van der Waals surface area contributed by atoms with E-state index in [1.807, 2.05) is 19.1 Å². The van der Waals surface area contributed by atoms with Gasteiger partial charge in [0.15, 0.2) is 0 Å². The molecule has 0 aromatic heterocycles. The topological polar surface area (TPSA) is 29.3 Å². The van der Waals surface area contributed by atoms with Crippen LogP contribution >= 0.6 is 0 Å². The predicted molar refractivity (Wildman–Crippen MR) is 79.8 cm³/mol. The summed E-state index contributed by atoms with van der Waals surface area (Å²) in [5.74, 6) is -0.164. The molecule has 1 aliphatic heterocycles. The highest BCUT2D eigenvalue weighted by Gasteiger charge is 2.17. The van der Waals surface area contributed by atoms with Crippen LogP contribution in [0.4, 0.5) is 10.1 Å². The largest absolute Gasteiger partial charge is 0.399 e. The lowest BCUT2D eigenvalue weighted by atomic mass is 9.98. The Labute approximate surface area is 119 Å². The van der Waals surface area contributed by atoms with E-state index in [0.717, 1.165) is 37.3 Å². The molecular formula is C17H19FN2. The van der Waals surface area contributed by atoms with Gasteiger partial charge in [-0.3, -0.25) is 4.90 Å². The lowest BCUT2D eigenvalue weighted by Gasteiger charge is -2.29. The van der Waals surface area contributed by atoms with Crippen molar-refractivity contribution in [3.63, 3.8) is 0 Å². The van der Waals surface area contributed by atoms with Gasteiger partial charge in [0.2, 0.25) is 0 Å². The van der Waals surface area contributed by atoms with Gasteiger partial charge in [-0.2, -0.15) is 0 Å². The van der Waals surface area contributed by atoms with Crippen LogP contribution < -0.4 is 5.73 Å². The summed E-state index contributed by atoms with van der Waals surface area (Å²) < 4.78 is 13.1. The molecule has 104 valence electrons. The maximum Gasteiger partial charge on any atom is 0.123 e. The van der Waals surface area contributed by atoms with Crippen molar-refractivity contribution in [1.82, 2.24) is 4.90 Å². The number of hydrogen-bond donors (Lipinski definition) is 1. The monoisotopic (exact) mass is 270 g/mol. The molecule has 0 saturated carbocycles. The van der Waals surface area contributed by atoms with Crippen LogP contribution in [-0.4, -0.2) is 11.4 Å². The van der Waals surface area contributed by atoms with Gasteiger partial charge in [0, 0.05) is 25.3 Å². The van der Waals surface area contributed by atoms with Gasteiger partial charge < -0.3 is 5.73 Å². The first-order valence-corrected chi connectivity index (χ1v) is 6.96. The Morgan fingerprint density at radius 2 is 2.00 bits per heavy atom. The lowest BCUT2D eigenvalue weighted by molar-refractivity contribution is 0.245. The van der Waals surface area contributed by atoms with E-state index in [1.165, 1.54) is 22.8 Å². The number of hydrogen-bond acceptors (Lipinski definition) is 2. The standard InChI is InChI=1S/C17H19FN2/c1-12-8-16(18)4-2-14(12)10-20-7-6-13-3-5-17(19)9-15(13)11-20/h2-5,8-9H,6-7,10-11,19H2,1H3. The fourth-order valence-corrected chi connectivity index (χ4v) is 2.85. The van der Waals surface area contributed by atoms with Crippen LogP contribution in [-0.2, 0) is 19.5 Å². The van der Waals surface area contributed by atoms with E-state index in [2.05, 4.69) is 17.0 Å².